The molecule has 14 heteroatoms. The highest BCUT2D eigenvalue weighted by atomic mass is 19.2. The molecule has 0 spiro atoms. The smallest absolute Gasteiger partial charge is 0.305 e. The maximum atomic E-state index is 14.0. The lowest BCUT2D eigenvalue weighted by atomic mass is 10.1. The predicted molar refractivity (Wildman–Crippen MR) is 103 cm³/mol. The summed E-state index contributed by atoms with van der Waals surface area (Å²) in [6, 6.07) is -3.91. The molecule has 0 saturated carbocycles. The first-order chi connectivity index (χ1) is 15.4. The molecule has 0 bridgehead atoms. The van der Waals surface area contributed by atoms with Crippen LogP contribution in [0.3, 0.4) is 0 Å². The molecule has 1 aromatic carbocycles. The molecule has 180 valence electrons. The van der Waals surface area contributed by atoms with Gasteiger partial charge >= 0.3 is 5.97 Å². The molecule has 0 aromatic heterocycles. The largest absolute Gasteiger partial charge is 0.481 e. The van der Waals surface area contributed by atoms with Crippen molar-refractivity contribution in [3.63, 3.8) is 0 Å². The number of nitrogens with two attached hydrogens (primary N) is 1. The molecule has 0 unspecified atom stereocenters. The molecule has 33 heavy (non-hydrogen) atoms. The zero-order valence-electron chi connectivity index (χ0n) is 17.2. The molecule has 10 nitrogen and oxygen atoms in total. The van der Waals surface area contributed by atoms with Gasteiger partial charge in [-0.2, -0.15) is 0 Å². The van der Waals surface area contributed by atoms with Crippen molar-refractivity contribution in [1.29, 1.82) is 0 Å². The third-order valence-electron chi connectivity index (χ3n) is 4.97. The number of hydrogen-bond acceptors (Lipinski definition) is 6. The Morgan fingerprint density at radius 2 is 1.70 bits per heavy atom. The second-order valence-corrected chi connectivity index (χ2v) is 7.28. The number of aliphatic carboxylic acids is 1. The summed E-state index contributed by atoms with van der Waals surface area (Å²) in [6.45, 7) is 1.17. The van der Waals surface area contributed by atoms with Crippen molar-refractivity contribution < 1.29 is 46.6 Å². The number of carbonyl (C=O) groups excluding carboxylic acids is 4. The Kier molecular flexibility index (Phi) is 7.95. The van der Waals surface area contributed by atoms with Gasteiger partial charge in [-0.1, -0.05) is 0 Å². The van der Waals surface area contributed by atoms with Crippen molar-refractivity contribution in [2.75, 3.05) is 12.3 Å². The van der Waals surface area contributed by atoms with E-state index in [2.05, 4.69) is 5.32 Å². The number of carbonyl (C=O) groups is 5. The second kappa shape index (κ2) is 10.3. The number of carboxylic acid groups (broad SMARTS) is 1. The first-order valence-corrected chi connectivity index (χ1v) is 9.60. The second-order valence-electron chi connectivity index (χ2n) is 7.28. The molecule has 3 amide bonds. The first-order valence-electron chi connectivity index (χ1n) is 9.60. The summed E-state index contributed by atoms with van der Waals surface area (Å²) in [5.74, 6) is -12.7. The van der Waals surface area contributed by atoms with Crippen molar-refractivity contribution in [3.8, 4) is 0 Å². The number of rotatable bonds is 8. The van der Waals surface area contributed by atoms with Gasteiger partial charge in [0.2, 0.25) is 11.8 Å². The Morgan fingerprint density at radius 3 is 2.21 bits per heavy atom. The quantitative estimate of drug-likeness (QED) is 0.179. The molecular weight excluding hydrogens is 456 g/mol. The van der Waals surface area contributed by atoms with E-state index in [-0.39, 0.29) is 19.3 Å². The van der Waals surface area contributed by atoms with Crippen LogP contribution in [0.5, 0.6) is 0 Å². The number of nitrogens with one attached hydrogen (secondary N) is 2. The SMILES string of the molecule is C[C@H](NC(=O)c1c(F)c(F)c(N)c(F)c1F)C(=O)N1CCC[C@H]1C(=O)N[C@H](C=O)CC(=O)O. The molecule has 1 aliphatic heterocycles. The molecular formula is C19H20F4N4O6. The molecule has 0 radical (unpaired) electrons. The van der Waals surface area contributed by atoms with Gasteiger partial charge in [-0.3, -0.25) is 19.2 Å². The number of halogens is 4. The van der Waals surface area contributed by atoms with E-state index in [1.165, 1.54) is 0 Å². The molecule has 1 saturated heterocycles. The van der Waals surface area contributed by atoms with Crippen LogP contribution in [0.2, 0.25) is 0 Å². The zero-order valence-corrected chi connectivity index (χ0v) is 17.2. The summed E-state index contributed by atoms with van der Waals surface area (Å²) in [4.78, 5) is 60.1. The summed E-state index contributed by atoms with van der Waals surface area (Å²) in [6.07, 6.45) is 0.0690. The molecule has 1 fully saturated rings. The Balaban J connectivity index is 2.14. The van der Waals surface area contributed by atoms with Gasteiger partial charge in [0.25, 0.3) is 5.91 Å². The van der Waals surface area contributed by atoms with Crippen LogP contribution in [-0.2, 0) is 19.2 Å². The van der Waals surface area contributed by atoms with E-state index in [1.807, 2.05) is 5.32 Å². The van der Waals surface area contributed by atoms with Gasteiger partial charge < -0.3 is 31.2 Å². The minimum absolute atomic E-state index is 0.0513. The van der Waals surface area contributed by atoms with E-state index >= 15 is 0 Å². The van der Waals surface area contributed by atoms with E-state index in [1.54, 1.807) is 0 Å². The van der Waals surface area contributed by atoms with Crippen LogP contribution in [0.4, 0.5) is 23.2 Å². The maximum absolute atomic E-state index is 14.0. The average Bonchev–Trinajstić information content (AvgIpc) is 3.25. The number of aldehydes is 1. The van der Waals surface area contributed by atoms with Crippen molar-refractivity contribution in [2.45, 2.75) is 44.3 Å². The fourth-order valence-electron chi connectivity index (χ4n) is 3.33. The Bertz CT molecular complexity index is 976. The van der Waals surface area contributed by atoms with E-state index in [0.29, 0.717) is 6.42 Å². The average molecular weight is 476 g/mol. The molecule has 1 aliphatic rings. The third-order valence-corrected chi connectivity index (χ3v) is 4.97. The van der Waals surface area contributed by atoms with Gasteiger partial charge in [0.05, 0.1) is 12.5 Å². The first kappa shape index (κ1) is 25.5. The summed E-state index contributed by atoms with van der Waals surface area (Å²) < 4.78 is 55.2. The number of nitrogens with zero attached hydrogens (tertiary/aromatic N) is 1. The van der Waals surface area contributed by atoms with Gasteiger partial charge in [-0.25, -0.2) is 17.6 Å². The van der Waals surface area contributed by atoms with Crippen molar-refractivity contribution >= 4 is 35.7 Å². The minimum Gasteiger partial charge on any atom is -0.481 e. The van der Waals surface area contributed by atoms with E-state index < -0.39 is 82.8 Å². The van der Waals surface area contributed by atoms with Crippen LogP contribution >= 0.6 is 0 Å². The Labute approximate surface area is 184 Å². The van der Waals surface area contributed by atoms with Crippen molar-refractivity contribution in [2.24, 2.45) is 0 Å². The molecule has 5 N–H and O–H groups in total. The number of amides is 3. The fraction of sp³-hybridized carbons (Fsp3) is 0.421. The molecule has 3 atom stereocenters. The highest BCUT2D eigenvalue weighted by Gasteiger charge is 2.38. The van der Waals surface area contributed by atoms with E-state index in [9.17, 15) is 41.5 Å². The lowest BCUT2D eigenvalue weighted by molar-refractivity contribution is -0.141. The van der Waals surface area contributed by atoms with Crippen LogP contribution in [0, 0.1) is 23.3 Å². The Morgan fingerprint density at radius 1 is 1.12 bits per heavy atom. The third kappa shape index (κ3) is 5.38. The zero-order chi connectivity index (χ0) is 25.0. The number of carboxylic acids is 1. The van der Waals surface area contributed by atoms with Crippen LogP contribution in [0.1, 0.15) is 36.5 Å². The lowest BCUT2D eigenvalue weighted by Crippen LogP contribution is -2.54. The van der Waals surface area contributed by atoms with Crippen LogP contribution in [0.15, 0.2) is 0 Å². The summed E-state index contributed by atoms with van der Waals surface area (Å²) in [7, 11) is 0. The van der Waals surface area contributed by atoms with Gasteiger partial charge in [-0.15, -0.1) is 0 Å². The van der Waals surface area contributed by atoms with Crippen molar-refractivity contribution in [1.82, 2.24) is 15.5 Å². The van der Waals surface area contributed by atoms with E-state index in [4.69, 9.17) is 10.8 Å². The highest BCUT2D eigenvalue weighted by molar-refractivity contribution is 5.99. The maximum Gasteiger partial charge on any atom is 0.305 e. The van der Waals surface area contributed by atoms with Crippen LogP contribution in [-0.4, -0.2) is 64.7 Å². The Hall–Kier alpha value is -3.71. The van der Waals surface area contributed by atoms with Gasteiger partial charge in [0, 0.05) is 6.54 Å². The number of hydrogen-bond donors (Lipinski definition) is 4. The molecule has 2 rings (SSSR count). The van der Waals surface area contributed by atoms with E-state index in [0.717, 1.165) is 11.8 Å². The molecule has 0 aliphatic carbocycles. The molecule has 1 heterocycles. The lowest BCUT2D eigenvalue weighted by Gasteiger charge is -2.28. The summed E-state index contributed by atoms with van der Waals surface area (Å²) in [5, 5.41) is 12.9. The standard InChI is InChI=1S/C19H20F4N4O6/c1-7(25-18(32)11-12(20)14(22)16(24)15(23)13(11)21)19(33)27-4-2-3-9(27)17(31)26-8(6-28)5-10(29)30/h6-9H,2-5,24H2,1H3,(H,25,32)(H,26,31)(H,29,30)/t7-,8-,9-/m0/s1. The van der Waals surface area contributed by atoms with Gasteiger partial charge in [-0.05, 0) is 19.8 Å². The van der Waals surface area contributed by atoms with Gasteiger partial charge in [0.1, 0.15) is 29.6 Å². The fourth-order valence-corrected chi connectivity index (χ4v) is 3.33. The van der Waals surface area contributed by atoms with Gasteiger partial charge in [0.15, 0.2) is 23.3 Å². The number of nitrogen functional groups attached to an aromatic ring is 1. The van der Waals surface area contributed by atoms with Crippen molar-refractivity contribution in [3.05, 3.63) is 28.8 Å². The van der Waals surface area contributed by atoms with Crippen LogP contribution in [0.25, 0.3) is 0 Å². The molecule has 1 aromatic rings. The number of benzene rings is 1. The predicted octanol–water partition coefficient (Wildman–Crippen LogP) is 0.0929. The highest BCUT2D eigenvalue weighted by Crippen LogP contribution is 2.26. The normalized spacial score (nSPS) is 17.2. The summed E-state index contributed by atoms with van der Waals surface area (Å²) >= 11 is 0. The topological polar surface area (TPSA) is 159 Å². The number of likely N-dealkylation sites (tertiary alicyclic amines) is 1. The minimum atomic E-state index is -2.04. The monoisotopic (exact) mass is 476 g/mol. The number of anilines is 1. The van der Waals surface area contributed by atoms with Crippen LogP contribution < -0.4 is 16.4 Å². The summed E-state index contributed by atoms with van der Waals surface area (Å²) in [5.41, 5.74) is 1.82.